The summed E-state index contributed by atoms with van der Waals surface area (Å²) in [6.45, 7) is 2.34. The van der Waals surface area contributed by atoms with Gasteiger partial charge in [-0.05, 0) is 37.1 Å². The lowest BCUT2D eigenvalue weighted by Crippen LogP contribution is -3.14. The van der Waals surface area contributed by atoms with Gasteiger partial charge in [0.05, 0.1) is 40.5 Å². The lowest BCUT2D eigenvalue weighted by atomic mass is 9.99. The Bertz CT molecular complexity index is 974. The SMILES string of the molecule is N#Cc1ccccc1NC(=O)C[NH+]1CCC[C@H](c2nc3ccccc3s2)C1. The van der Waals surface area contributed by atoms with Crippen molar-refractivity contribution in [2.24, 2.45) is 0 Å². The summed E-state index contributed by atoms with van der Waals surface area (Å²) in [5.74, 6) is 0.364. The van der Waals surface area contributed by atoms with Crippen molar-refractivity contribution in [2.45, 2.75) is 18.8 Å². The lowest BCUT2D eigenvalue weighted by Gasteiger charge is -2.28. The Kier molecular flexibility index (Phi) is 5.14. The van der Waals surface area contributed by atoms with Gasteiger partial charge in [0.25, 0.3) is 5.91 Å². The number of amides is 1. The maximum Gasteiger partial charge on any atom is 0.279 e. The molecule has 0 bridgehead atoms. The number of nitrogens with zero attached hydrogens (tertiary/aromatic N) is 2. The van der Waals surface area contributed by atoms with E-state index in [1.165, 1.54) is 14.6 Å². The van der Waals surface area contributed by atoms with Crippen LogP contribution in [-0.2, 0) is 4.79 Å². The largest absolute Gasteiger partial charge is 0.327 e. The summed E-state index contributed by atoms with van der Waals surface area (Å²) < 4.78 is 1.23. The number of carbonyl (C=O) groups is 1. The van der Waals surface area contributed by atoms with Crippen molar-refractivity contribution in [1.82, 2.24) is 4.98 Å². The van der Waals surface area contributed by atoms with Crippen molar-refractivity contribution in [3.05, 3.63) is 59.1 Å². The number of quaternary nitrogens is 1. The molecule has 2 N–H and O–H groups in total. The highest BCUT2D eigenvalue weighted by atomic mass is 32.1. The Hall–Kier alpha value is -2.75. The third-order valence-electron chi connectivity index (χ3n) is 5.01. The average molecular weight is 377 g/mol. The molecule has 2 heterocycles. The zero-order valence-electron chi connectivity index (χ0n) is 14.9. The van der Waals surface area contributed by atoms with Gasteiger partial charge < -0.3 is 10.2 Å². The van der Waals surface area contributed by atoms with Crippen LogP contribution in [0.3, 0.4) is 0 Å². The van der Waals surface area contributed by atoms with Crippen molar-refractivity contribution in [2.75, 3.05) is 25.0 Å². The summed E-state index contributed by atoms with van der Waals surface area (Å²) in [6.07, 6.45) is 2.22. The van der Waals surface area contributed by atoms with E-state index in [4.69, 9.17) is 10.2 Å². The number of carbonyl (C=O) groups excluding carboxylic acids is 1. The highest BCUT2D eigenvalue weighted by molar-refractivity contribution is 7.18. The Morgan fingerprint density at radius 2 is 2.07 bits per heavy atom. The third kappa shape index (κ3) is 4.00. The molecule has 0 saturated carbocycles. The van der Waals surface area contributed by atoms with Gasteiger partial charge in [0, 0.05) is 0 Å². The van der Waals surface area contributed by atoms with Crippen molar-refractivity contribution in [3.63, 3.8) is 0 Å². The van der Waals surface area contributed by atoms with Gasteiger partial charge in [-0.1, -0.05) is 24.3 Å². The second kappa shape index (κ2) is 7.87. The molecule has 4 rings (SSSR count). The molecular formula is C21H21N4OS+. The molecule has 2 atom stereocenters. The zero-order chi connectivity index (χ0) is 18.6. The molecule has 1 unspecified atom stereocenters. The lowest BCUT2D eigenvalue weighted by molar-refractivity contribution is -0.898. The first kappa shape index (κ1) is 17.7. The minimum absolute atomic E-state index is 0.0438. The average Bonchev–Trinajstić information content (AvgIpc) is 3.13. The highest BCUT2D eigenvalue weighted by Gasteiger charge is 2.28. The normalized spacial score (nSPS) is 19.5. The van der Waals surface area contributed by atoms with E-state index in [0.29, 0.717) is 23.7 Å². The van der Waals surface area contributed by atoms with Gasteiger partial charge in [-0.2, -0.15) is 5.26 Å². The van der Waals surface area contributed by atoms with Gasteiger partial charge in [0.1, 0.15) is 11.1 Å². The maximum absolute atomic E-state index is 12.5. The molecule has 6 heteroatoms. The monoisotopic (exact) mass is 377 g/mol. The first-order valence-electron chi connectivity index (χ1n) is 9.21. The number of para-hydroxylation sites is 2. The van der Waals surface area contributed by atoms with Crippen molar-refractivity contribution >= 4 is 33.1 Å². The number of aromatic nitrogens is 1. The Morgan fingerprint density at radius 1 is 1.26 bits per heavy atom. The van der Waals surface area contributed by atoms with E-state index in [1.807, 2.05) is 18.2 Å². The van der Waals surface area contributed by atoms with Crippen LogP contribution in [0.5, 0.6) is 0 Å². The first-order valence-corrected chi connectivity index (χ1v) is 10.0. The van der Waals surface area contributed by atoms with Gasteiger partial charge in [-0.3, -0.25) is 4.79 Å². The van der Waals surface area contributed by atoms with E-state index in [0.717, 1.165) is 31.4 Å². The number of benzene rings is 2. The number of likely N-dealkylation sites (tertiary alicyclic amines) is 1. The van der Waals surface area contributed by atoms with Crippen molar-refractivity contribution in [3.8, 4) is 6.07 Å². The number of anilines is 1. The van der Waals surface area contributed by atoms with Gasteiger partial charge in [0.2, 0.25) is 0 Å². The predicted octanol–water partition coefficient (Wildman–Crippen LogP) is 2.57. The van der Waals surface area contributed by atoms with E-state index in [2.05, 4.69) is 23.5 Å². The smallest absolute Gasteiger partial charge is 0.279 e. The van der Waals surface area contributed by atoms with Crippen LogP contribution < -0.4 is 10.2 Å². The first-order chi connectivity index (χ1) is 13.2. The molecule has 0 spiro atoms. The van der Waals surface area contributed by atoms with Gasteiger partial charge >= 0.3 is 0 Å². The molecule has 2 aromatic carbocycles. The molecule has 1 aliphatic rings. The molecule has 5 nitrogen and oxygen atoms in total. The number of thiazole rings is 1. The summed E-state index contributed by atoms with van der Waals surface area (Å²) in [7, 11) is 0. The zero-order valence-corrected chi connectivity index (χ0v) is 15.8. The minimum Gasteiger partial charge on any atom is -0.327 e. The highest BCUT2D eigenvalue weighted by Crippen LogP contribution is 2.30. The van der Waals surface area contributed by atoms with Gasteiger partial charge in [0.15, 0.2) is 6.54 Å². The van der Waals surface area contributed by atoms with Crippen LogP contribution in [0.2, 0.25) is 0 Å². The molecule has 1 amide bonds. The van der Waals surface area contributed by atoms with Crippen molar-refractivity contribution < 1.29 is 9.69 Å². The van der Waals surface area contributed by atoms with Gasteiger partial charge in [-0.25, -0.2) is 4.98 Å². The van der Waals surface area contributed by atoms with E-state index in [9.17, 15) is 4.79 Å². The van der Waals surface area contributed by atoms with E-state index < -0.39 is 0 Å². The second-order valence-electron chi connectivity index (χ2n) is 6.95. The number of hydrogen-bond acceptors (Lipinski definition) is 4. The number of nitrogens with one attached hydrogen (secondary N) is 2. The Labute approximate surface area is 162 Å². The molecule has 3 aromatic rings. The number of hydrogen-bond donors (Lipinski definition) is 2. The van der Waals surface area contributed by atoms with Crippen LogP contribution >= 0.6 is 11.3 Å². The summed E-state index contributed by atoms with van der Waals surface area (Å²) in [4.78, 5) is 18.6. The van der Waals surface area contributed by atoms with Crippen LogP contribution in [0.25, 0.3) is 10.2 Å². The van der Waals surface area contributed by atoms with Crippen LogP contribution in [0.1, 0.15) is 29.3 Å². The summed E-state index contributed by atoms with van der Waals surface area (Å²) in [6, 6.07) is 17.5. The van der Waals surface area contributed by atoms with Gasteiger partial charge in [-0.15, -0.1) is 11.3 Å². The topological polar surface area (TPSA) is 70.2 Å². The standard InChI is InChI=1S/C21H20N4OS/c22-12-15-6-1-2-8-17(15)23-20(26)14-25-11-5-7-16(13-25)21-24-18-9-3-4-10-19(18)27-21/h1-4,6,8-10,16H,5,7,11,13-14H2,(H,23,26)/p+1/t16-/m0/s1. The van der Waals surface area contributed by atoms with Crippen LogP contribution in [0.4, 0.5) is 5.69 Å². The van der Waals surface area contributed by atoms with E-state index >= 15 is 0 Å². The summed E-state index contributed by atoms with van der Waals surface area (Å²) in [5, 5.41) is 13.2. The Morgan fingerprint density at radius 3 is 2.93 bits per heavy atom. The third-order valence-corrected chi connectivity index (χ3v) is 6.21. The van der Waals surface area contributed by atoms with E-state index in [1.54, 1.807) is 29.5 Å². The molecule has 27 heavy (non-hydrogen) atoms. The van der Waals surface area contributed by atoms with Crippen LogP contribution in [-0.4, -0.2) is 30.5 Å². The summed E-state index contributed by atoms with van der Waals surface area (Å²) >= 11 is 1.77. The van der Waals surface area contributed by atoms with Crippen LogP contribution in [0.15, 0.2) is 48.5 Å². The quantitative estimate of drug-likeness (QED) is 0.734. The number of rotatable bonds is 4. The molecule has 136 valence electrons. The molecule has 0 radical (unpaired) electrons. The van der Waals surface area contributed by atoms with Crippen LogP contribution in [0, 0.1) is 11.3 Å². The fourth-order valence-corrected chi connectivity index (χ4v) is 4.80. The summed E-state index contributed by atoms with van der Waals surface area (Å²) in [5.41, 5.74) is 2.14. The minimum atomic E-state index is -0.0438. The number of fused-ring (bicyclic) bond motifs is 1. The second-order valence-corrected chi connectivity index (χ2v) is 8.01. The fraction of sp³-hybridized carbons (Fsp3) is 0.286. The number of nitriles is 1. The Balaban J connectivity index is 1.41. The molecule has 1 aromatic heterocycles. The molecule has 0 aliphatic carbocycles. The fourth-order valence-electron chi connectivity index (χ4n) is 3.70. The molecular weight excluding hydrogens is 356 g/mol. The number of piperidine rings is 1. The predicted molar refractivity (Wildman–Crippen MR) is 107 cm³/mol. The van der Waals surface area contributed by atoms with E-state index in [-0.39, 0.29) is 5.91 Å². The van der Waals surface area contributed by atoms with Crippen molar-refractivity contribution in [1.29, 1.82) is 5.26 Å². The molecule has 1 aliphatic heterocycles. The maximum atomic E-state index is 12.5. The molecule has 1 fully saturated rings. The molecule has 1 saturated heterocycles.